The van der Waals surface area contributed by atoms with Gasteiger partial charge in [-0.1, -0.05) is 66.7 Å². The van der Waals surface area contributed by atoms with Crippen LogP contribution in [0.25, 0.3) is 0 Å². The topological polar surface area (TPSA) is 23.1 Å². The Morgan fingerprint density at radius 3 is 1.91 bits per heavy atom. The molecule has 0 fully saturated rings. The zero-order chi connectivity index (χ0) is 16.3. The molecule has 0 saturated carbocycles. The van der Waals surface area contributed by atoms with Gasteiger partial charge < -0.3 is 5.11 Å². The standard InChI is InChI=1S/C11H16O.C9H13.Fe/c1-8(12)9-6-5-7-10(9)11(2,3)4;1-9(2,3)8-6-4-5-7-8;/h5-7,12H,1-4H3;4-7H,1-3H3;/q;-1;+2/p-1. The third-order valence-corrected chi connectivity index (χ3v) is 3.53. The molecule has 0 radical (unpaired) electrons. The van der Waals surface area contributed by atoms with Gasteiger partial charge in [0.05, 0.1) is 0 Å². The molecule has 1 aromatic carbocycles. The molecule has 0 N–H and O–H groups in total. The molecule has 1 aromatic rings. The molecule has 0 aromatic heterocycles. The molecule has 0 atom stereocenters. The molecular formula is C20H28FeO. The van der Waals surface area contributed by atoms with E-state index in [1.165, 1.54) is 5.56 Å². The first kappa shape index (κ1) is 20.9. The van der Waals surface area contributed by atoms with E-state index in [4.69, 9.17) is 0 Å². The summed E-state index contributed by atoms with van der Waals surface area (Å²) in [5, 5.41) is 11.2. The van der Waals surface area contributed by atoms with Crippen molar-refractivity contribution in [2.75, 3.05) is 0 Å². The minimum atomic E-state index is 0. The van der Waals surface area contributed by atoms with Crippen molar-refractivity contribution in [3.63, 3.8) is 0 Å². The minimum Gasteiger partial charge on any atom is -0.875 e. The molecule has 0 bridgehead atoms. The fourth-order valence-electron chi connectivity index (χ4n) is 2.26. The fourth-order valence-corrected chi connectivity index (χ4v) is 2.26. The van der Waals surface area contributed by atoms with Gasteiger partial charge in [0.1, 0.15) is 0 Å². The largest absolute Gasteiger partial charge is 2.00 e. The van der Waals surface area contributed by atoms with Crippen molar-refractivity contribution in [1.82, 2.24) is 0 Å². The van der Waals surface area contributed by atoms with Crippen molar-refractivity contribution in [3.05, 3.63) is 65.0 Å². The SMILES string of the molecule is CC(C)(C)c1ccc[cH-]1.CC([O-])=C1C=CC=C1C(C)(C)C.[Fe+2]. The first-order valence-electron chi connectivity index (χ1n) is 7.53. The number of hydrogen-bond donors (Lipinski definition) is 0. The Kier molecular flexibility index (Phi) is 7.54. The second kappa shape index (κ2) is 7.94. The molecule has 122 valence electrons. The molecule has 0 heterocycles. The smallest absolute Gasteiger partial charge is 0.875 e. The molecule has 0 spiro atoms. The number of rotatable bonds is 0. The Bertz CT molecular complexity index is 540. The summed E-state index contributed by atoms with van der Waals surface area (Å²) < 4.78 is 0. The summed E-state index contributed by atoms with van der Waals surface area (Å²) in [5.74, 6) is 0.157. The Morgan fingerprint density at radius 2 is 1.64 bits per heavy atom. The second-order valence-electron chi connectivity index (χ2n) is 7.58. The van der Waals surface area contributed by atoms with Crippen LogP contribution in [0.15, 0.2) is 59.4 Å². The molecule has 22 heavy (non-hydrogen) atoms. The van der Waals surface area contributed by atoms with Crippen LogP contribution >= 0.6 is 0 Å². The molecule has 0 saturated heterocycles. The van der Waals surface area contributed by atoms with Crippen molar-refractivity contribution in [2.45, 2.75) is 53.9 Å². The molecule has 0 aliphatic heterocycles. The van der Waals surface area contributed by atoms with Crippen molar-refractivity contribution < 1.29 is 22.2 Å². The van der Waals surface area contributed by atoms with Crippen LogP contribution in [-0.2, 0) is 22.5 Å². The Hall–Kier alpha value is -1.11. The Morgan fingerprint density at radius 1 is 1.05 bits per heavy atom. The maximum absolute atomic E-state index is 11.2. The van der Waals surface area contributed by atoms with Gasteiger partial charge in [-0.3, -0.25) is 0 Å². The first-order chi connectivity index (χ1) is 9.53. The van der Waals surface area contributed by atoms with Crippen LogP contribution in [0.2, 0.25) is 0 Å². The Balaban J connectivity index is 0.000000397. The summed E-state index contributed by atoms with van der Waals surface area (Å²) >= 11 is 0. The zero-order valence-corrected chi connectivity index (χ0v) is 15.9. The van der Waals surface area contributed by atoms with Gasteiger partial charge in [-0.15, -0.1) is 5.76 Å². The third kappa shape index (κ3) is 5.94. The molecular weight excluding hydrogens is 312 g/mol. The van der Waals surface area contributed by atoms with E-state index in [1.807, 2.05) is 18.2 Å². The average molecular weight is 340 g/mol. The normalized spacial score (nSPS) is 16.4. The van der Waals surface area contributed by atoms with Crippen LogP contribution in [0.1, 0.15) is 54.0 Å². The van der Waals surface area contributed by atoms with Gasteiger partial charge in [0.15, 0.2) is 0 Å². The minimum absolute atomic E-state index is 0. The van der Waals surface area contributed by atoms with Gasteiger partial charge in [-0.05, 0) is 22.0 Å². The number of allylic oxidation sites excluding steroid dienone is 6. The molecule has 1 aliphatic rings. The van der Waals surface area contributed by atoms with Gasteiger partial charge in [0.25, 0.3) is 0 Å². The quantitative estimate of drug-likeness (QED) is 0.376. The molecule has 2 heteroatoms. The zero-order valence-electron chi connectivity index (χ0n) is 14.8. The molecule has 0 unspecified atom stereocenters. The van der Waals surface area contributed by atoms with Gasteiger partial charge in [0, 0.05) is 0 Å². The van der Waals surface area contributed by atoms with Gasteiger partial charge >= 0.3 is 17.1 Å². The monoisotopic (exact) mass is 340 g/mol. The van der Waals surface area contributed by atoms with E-state index < -0.39 is 0 Å². The van der Waals surface area contributed by atoms with Gasteiger partial charge in [0.2, 0.25) is 0 Å². The van der Waals surface area contributed by atoms with E-state index in [9.17, 15) is 5.11 Å². The van der Waals surface area contributed by atoms with Crippen molar-refractivity contribution in [1.29, 1.82) is 0 Å². The summed E-state index contributed by atoms with van der Waals surface area (Å²) in [7, 11) is 0. The Labute approximate surface area is 146 Å². The summed E-state index contributed by atoms with van der Waals surface area (Å²) in [6, 6.07) is 8.50. The first-order valence-corrected chi connectivity index (χ1v) is 7.53. The fraction of sp³-hybridized carbons (Fsp3) is 0.450. The second-order valence-corrected chi connectivity index (χ2v) is 7.58. The van der Waals surface area contributed by atoms with Crippen LogP contribution in [-0.4, -0.2) is 0 Å². The van der Waals surface area contributed by atoms with Crippen molar-refractivity contribution in [2.24, 2.45) is 5.41 Å². The molecule has 2 rings (SSSR count). The summed E-state index contributed by atoms with van der Waals surface area (Å²) in [6.45, 7) is 14.6. The molecule has 0 amide bonds. The third-order valence-electron chi connectivity index (χ3n) is 3.53. The summed E-state index contributed by atoms with van der Waals surface area (Å²) in [4.78, 5) is 0. The van der Waals surface area contributed by atoms with E-state index >= 15 is 0 Å². The van der Waals surface area contributed by atoms with Crippen molar-refractivity contribution in [3.8, 4) is 0 Å². The van der Waals surface area contributed by atoms with Crippen LogP contribution < -0.4 is 5.11 Å². The van der Waals surface area contributed by atoms with Crippen LogP contribution in [0.3, 0.4) is 0 Å². The van der Waals surface area contributed by atoms with E-state index in [0.717, 1.165) is 11.1 Å². The van der Waals surface area contributed by atoms with Crippen LogP contribution in [0.5, 0.6) is 0 Å². The van der Waals surface area contributed by atoms with Crippen LogP contribution in [0, 0.1) is 5.41 Å². The maximum Gasteiger partial charge on any atom is 2.00 e. The average Bonchev–Trinajstić information content (AvgIpc) is 3.00. The number of hydrogen-bond acceptors (Lipinski definition) is 1. The van der Waals surface area contributed by atoms with Gasteiger partial charge in [-0.2, -0.15) is 17.7 Å². The summed E-state index contributed by atoms with van der Waals surface area (Å²) in [5.41, 5.74) is 3.83. The van der Waals surface area contributed by atoms with Crippen LogP contribution in [0.4, 0.5) is 0 Å². The predicted octanol–water partition coefficient (Wildman–Crippen LogP) is 4.86. The summed E-state index contributed by atoms with van der Waals surface area (Å²) in [6.07, 6.45) is 5.86. The van der Waals surface area contributed by atoms with E-state index in [1.54, 1.807) is 6.92 Å². The van der Waals surface area contributed by atoms with Gasteiger partial charge in [-0.25, -0.2) is 12.1 Å². The molecule has 1 aliphatic carbocycles. The van der Waals surface area contributed by atoms with E-state index in [0.29, 0.717) is 5.41 Å². The molecule has 1 nitrogen and oxygen atoms in total. The predicted molar refractivity (Wildman–Crippen MR) is 90.1 cm³/mol. The van der Waals surface area contributed by atoms with E-state index in [2.05, 4.69) is 65.8 Å². The van der Waals surface area contributed by atoms with E-state index in [-0.39, 0.29) is 28.2 Å². The van der Waals surface area contributed by atoms with Crippen molar-refractivity contribution >= 4 is 0 Å². The maximum atomic E-state index is 11.2.